The molecule has 1 amide bonds. The molecule has 2 aromatic rings. The Labute approximate surface area is 118 Å². The van der Waals surface area contributed by atoms with Crippen molar-refractivity contribution in [1.82, 2.24) is 0 Å². The average molecular weight is 264 g/mol. The van der Waals surface area contributed by atoms with E-state index in [0.29, 0.717) is 24.1 Å². The van der Waals surface area contributed by atoms with Crippen molar-refractivity contribution in [2.45, 2.75) is 19.8 Å². The third kappa shape index (κ3) is 3.96. The van der Waals surface area contributed by atoms with Crippen molar-refractivity contribution in [1.29, 1.82) is 5.26 Å². The molecule has 0 unspecified atom stereocenters. The summed E-state index contributed by atoms with van der Waals surface area (Å²) >= 11 is 0. The van der Waals surface area contributed by atoms with Gasteiger partial charge in [0.25, 0.3) is 0 Å². The van der Waals surface area contributed by atoms with Gasteiger partial charge in [0, 0.05) is 12.1 Å². The molecule has 3 heteroatoms. The van der Waals surface area contributed by atoms with Gasteiger partial charge in [0.2, 0.25) is 5.91 Å². The number of rotatable bonds is 4. The summed E-state index contributed by atoms with van der Waals surface area (Å²) in [6, 6.07) is 17.1. The van der Waals surface area contributed by atoms with E-state index >= 15 is 0 Å². The SMILES string of the molecule is Cc1cccc(CCC(=O)Nc2cccc(C#N)c2)c1. The van der Waals surface area contributed by atoms with Crippen LogP contribution in [0.5, 0.6) is 0 Å². The lowest BCUT2D eigenvalue weighted by Gasteiger charge is -2.06. The van der Waals surface area contributed by atoms with Crippen LogP contribution < -0.4 is 5.32 Å². The highest BCUT2D eigenvalue weighted by Gasteiger charge is 2.04. The first kappa shape index (κ1) is 13.8. The van der Waals surface area contributed by atoms with Crippen molar-refractivity contribution >= 4 is 11.6 Å². The Morgan fingerprint density at radius 3 is 2.75 bits per heavy atom. The molecule has 0 saturated carbocycles. The van der Waals surface area contributed by atoms with Gasteiger partial charge >= 0.3 is 0 Å². The van der Waals surface area contributed by atoms with Crippen molar-refractivity contribution in [2.75, 3.05) is 5.32 Å². The maximum Gasteiger partial charge on any atom is 0.224 e. The van der Waals surface area contributed by atoms with Crippen molar-refractivity contribution in [3.8, 4) is 6.07 Å². The van der Waals surface area contributed by atoms with Crippen LogP contribution >= 0.6 is 0 Å². The fourth-order valence-electron chi connectivity index (χ4n) is 2.02. The van der Waals surface area contributed by atoms with Gasteiger partial charge in [-0.3, -0.25) is 4.79 Å². The molecule has 3 nitrogen and oxygen atoms in total. The lowest BCUT2D eigenvalue weighted by molar-refractivity contribution is -0.116. The van der Waals surface area contributed by atoms with Gasteiger partial charge in [-0.25, -0.2) is 0 Å². The number of carbonyl (C=O) groups is 1. The van der Waals surface area contributed by atoms with Crippen LogP contribution in [0.15, 0.2) is 48.5 Å². The van der Waals surface area contributed by atoms with Crippen LogP contribution in [0.25, 0.3) is 0 Å². The molecule has 0 aromatic heterocycles. The van der Waals surface area contributed by atoms with E-state index in [0.717, 1.165) is 5.56 Å². The zero-order chi connectivity index (χ0) is 14.4. The average Bonchev–Trinajstić information content (AvgIpc) is 2.45. The first-order valence-corrected chi connectivity index (χ1v) is 6.53. The predicted molar refractivity (Wildman–Crippen MR) is 79.3 cm³/mol. The molecule has 0 bridgehead atoms. The maximum absolute atomic E-state index is 11.9. The fraction of sp³-hybridized carbons (Fsp3) is 0.176. The lowest BCUT2D eigenvalue weighted by Crippen LogP contribution is -2.12. The zero-order valence-electron chi connectivity index (χ0n) is 11.4. The molecule has 0 aliphatic heterocycles. The minimum Gasteiger partial charge on any atom is -0.326 e. The molecule has 100 valence electrons. The van der Waals surface area contributed by atoms with Gasteiger partial charge in [0.15, 0.2) is 0 Å². The van der Waals surface area contributed by atoms with Crippen LogP contribution in [0.2, 0.25) is 0 Å². The first-order chi connectivity index (χ1) is 9.67. The monoisotopic (exact) mass is 264 g/mol. The quantitative estimate of drug-likeness (QED) is 0.919. The number of carbonyl (C=O) groups excluding carboxylic acids is 1. The molecule has 0 aliphatic rings. The third-order valence-corrected chi connectivity index (χ3v) is 3.00. The Morgan fingerprint density at radius 1 is 1.20 bits per heavy atom. The Kier molecular flexibility index (Phi) is 4.52. The number of hydrogen-bond acceptors (Lipinski definition) is 2. The van der Waals surface area contributed by atoms with E-state index in [4.69, 9.17) is 5.26 Å². The second-order valence-corrected chi connectivity index (χ2v) is 4.73. The van der Waals surface area contributed by atoms with E-state index in [1.807, 2.05) is 25.1 Å². The van der Waals surface area contributed by atoms with Gasteiger partial charge in [-0.15, -0.1) is 0 Å². The first-order valence-electron chi connectivity index (χ1n) is 6.53. The summed E-state index contributed by atoms with van der Waals surface area (Å²) in [4.78, 5) is 11.9. The van der Waals surface area contributed by atoms with Crippen molar-refractivity contribution in [3.05, 3.63) is 65.2 Å². The van der Waals surface area contributed by atoms with E-state index in [-0.39, 0.29) is 5.91 Å². The van der Waals surface area contributed by atoms with Gasteiger partial charge in [0.05, 0.1) is 11.6 Å². The van der Waals surface area contributed by atoms with Crippen LogP contribution in [0, 0.1) is 18.3 Å². The topological polar surface area (TPSA) is 52.9 Å². The molecule has 0 saturated heterocycles. The highest BCUT2D eigenvalue weighted by Crippen LogP contribution is 2.11. The number of aryl methyl sites for hydroxylation is 2. The molecular formula is C17H16N2O. The van der Waals surface area contributed by atoms with E-state index in [1.165, 1.54) is 5.56 Å². The van der Waals surface area contributed by atoms with Gasteiger partial charge in [-0.1, -0.05) is 35.9 Å². The Balaban J connectivity index is 1.91. The molecule has 2 aromatic carbocycles. The van der Waals surface area contributed by atoms with Crippen LogP contribution in [0.3, 0.4) is 0 Å². The highest BCUT2D eigenvalue weighted by molar-refractivity contribution is 5.91. The normalized spacial score (nSPS) is 9.80. The van der Waals surface area contributed by atoms with Crippen LogP contribution in [0.4, 0.5) is 5.69 Å². The van der Waals surface area contributed by atoms with E-state index < -0.39 is 0 Å². The summed E-state index contributed by atoms with van der Waals surface area (Å²) in [7, 11) is 0. The summed E-state index contributed by atoms with van der Waals surface area (Å²) in [6.45, 7) is 2.04. The highest BCUT2D eigenvalue weighted by atomic mass is 16.1. The summed E-state index contributed by atoms with van der Waals surface area (Å²) in [6.07, 6.45) is 1.14. The molecule has 0 spiro atoms. The number of hydrogen-bond donors (Lipinski definition) is 1. The Bertz CT molecular complexity index is 656. The van der Waals surface area contributed by atoms with Gasteiger partial charge in [0.1, 0.15) is 0 Å². The fourth-order valence-corrected chi connectivity index (χ4v) is 2.02. The molecule has 2 rings (SSSR count). The largest absolute Gasteiger partial charge is 0.326 e. The molecule has 0 atom stereocenters. The van der Waals surface area contributed by atoms with Gasteiger partial charge in [-0.2, -0.15) is 5.26 Å². The second kappa shape index (κ2) is 6.53. The molecule has 1 N–H and O–H groups in total. The lowest BCUT2D eigenvalue weighted by atomic mass is 10.1. The van der Waals surface area contributed by atoms with Crippen LogP contribution in [-0.2, 0) is 11.2 Å². The second-order valence-electron chi connectivity index (χ2n) is 4.73. The molecular weight excluding hydrogens is 248 g/mol. The summed E-state index contributed by atoms with van der Waals surface area (Å²) in [5.74, 6) is -0.0402. The minimum atomic E-state index is -0.0402. The van der Waals surface area contributed by atoms with E-state index in [1.54, 1.807) is 24.3 Å². The number of anilines is 1. The zero-order valence-corrected chi connectivity index (χ0v) is 11.4. The smallest absolute Gasteiger partial charge is 0.224 e. The molecule has 0 aliphatic carbocycles. The number of nitrogens with zero attached hydrogens (tertiary/aromatic N) is 1. The van der Waals surface area contributed by atoms with Crippen LogP contribution in [0.1, 0.15) is 23.1 Å². The molecule has 0 radical (unpaired) electrons. The van der Waals surface area contributed by atoms with Crippen molar-refractivity contribution in [2.24, 2.45) is 0 Å². The number of nitriles is 1. The minimum absolute atomic E-state index is 0.0402. The van der Waals surface area contributed by atoms with Crippen LogP contribution in [-0.4, -0.2) is 5.91 Å². The Morgan fingerprint density at radius 2 is 2.00 bits per heavy atom. The number of nitrogens with one attached hydrogen (secondary N) is 1. The predicted octanol–water partition coefficient (Wildman–Crippen LogP) is 3.44. The molecule has 0 heterocycles. The van der Waals surface area contributed by atoms with Crippen molar-refractivity contribution in [3.63, 3.8) is 0 Å². The van der Waals surface area contributed by atoms with Crippen molar-refractivity contribution < 1.29 is 4.79 Å². The maximum atomic E-state index is 11.9. The third-order valence-electron chi connectivity index (χ3n) is 3.00. The van der Waals surface area contributed by atoms with E-state index in [2.05, 4.69) is 17.5 Å². The Hall–Kier alpha value is -2.60. The van der Waals surface area contributed by atoms with Gasteiger partial charge < -0.3 is 5.32 Å². The summed E-state index contributed by atoms with van der Waals surface area (Å²) in [5, 5.41) is 11.6. The standard InChI is InChI=1S/C17H16N2O/c1-13-4-2-5-14(10-13)8-9-17(20)19-16-7-3-6-15(11-16)12-18/h2-7,10-11H,8-9H2,1H3,(H,19,20). The summed E-state index contributed by atoms with van der Waals surface area (Å²) < 4.78 is 0. The van der Waals surface area contributed by atoms with E-state index in [9.17, 15) is 4.79 Å². The summed E-state index contributed by atoms with van der Waals surface area (Å²) in [5.41, 5.74) is 3.57. The molecule has 0 fully saturated rings. The van der Waals surface area contributed by atoms with Gasteiger partial charge in [-0.05, 0) is 37.1 Å². The molecule has 20 heavy (non-hydrogen) atoms. The number of amides is 1. The number of benzene rings is 2.